The summed E-state index contributed by atoms with van der Waals surface area (Å²) in [6.45, 7) is 0. The van der Waals surface area contributed by atoms with Gasteiger partial charge < -0.3 is 0 Å². The molecule has 2 heteroatoms. The lowest BCUT2D eigenvalue weighted by atomic mass is 10.0. The highest BCUT2D eigenvalue weighted by molar-refractivity contribution is 6.02. The van der Waals surface area contributed by atoms with Crippen LogP contribution in [0.1, 0.15) is 19.3 Å². The van der Waals surface area contributed by atoms with Crippen LogP contribution in [0.4, 0.5) is 0 Å². The number of carbonyl (C=O) groups excluding carboxylic acids is 2. The van der Waals surface area contributed by atoms with Crippen LogP contribution in [-0.4, -0.2) is 11.6 Å². The summed E-state index contributed by atoms with van der Waals surface area (Å²) in [6, 6.07) is 0. The van der Waals surface area contributed by atoms with Crippen molar-refractivity contribution in [2.75, 3.05) is 0 Å². The minimum atomic E-state index is -0.00694. The lowest BCUT2D eigenvalue weighted by Gasteiger charge is -1.97. The van der Waals surface area contributed by atoms with Gasteiger partial charge in [-0.3, -0.25) is 9.59 Å². The SMILES string of the molecule is O=C1C=C2CCC(=O)C2C1. The summed E-state index contributed by atoms with van der Waals surface area (Å²) < 4.78 is 0. The van der Waals surface area contributed by atoms with Crippen molar-refractivity contribution >= 4 is 11.6 Å². The van der Waals surface area contributed by atoms with Crippen LogP contribution < -0.4 is 0 Å². The zero-order valence-electron chi connectivity index (χ0n) is 5.59. The van der Waals surface area contributed by atoms with Crippen molar-refractivity contribution in [3.63, 3.8) is 0 Å². The predicted molar refractivity (Wildman–Crippen MR) is 35.4 cm³/mol. The Morgan fingerprint density at radius 1 is 1.30 bits per heavy atom. The molecule has 0 aromatic heterocycles. The second-order valence-electron chi connectivity index (χ2n) is 2.91. The quantitative estimate of drug-likeness (QED) is 0.495. The van der Waals surface area contributed by atoms with Gasteiger partial charge in [-0.25, -0.2) is 0 Å². The van der Waals surface area contributed by atoms with E-state index in [0.29, 0.717) is 12.8 Å². The maximum Gasteiger partial charge on any atom is 0.156 e. The third-order valence-corrected chi connectivity index (χ3v) is 2.25. The average molecular weight is 136 g/mol. The summed E-state index contributed by atoms with van der Waals surface area (Å²) in [6.07, 6.45) is 3.59. The van der Waals surface area contributed by atoms with E-state index in [2.05, 4.69) is 0 Å². The maximum absolute atomic E-state index is 11.0. The number of hydrogen-bond acceptors (Lipinski definition) is 2. The van der Waals surface area contributed by atoms with Crippen LogP contribution in [0, 0.1) is 5.92 Å². The molecule has 2 aliphatic rings. The van der Waals surface area contributed by atoms with Gasteiger partial charge in [0.2, 0.25) is 0 Å². The van der Waals surface area contributed by atoms with Gasteiger partial charge >= 0.3 is 0 Å². The Labute approximate surface area is 58.9 Å². The molecule has 2 aliphatic carbocycles. The first-order valence-electron chi connectivity index (χ1n) is 3.53. The van der Waals surface area contributed by atoms with Crippen LogP contribution in [0.25, 0.3) is 0 Å². The van der Waals surface area contributed by atoms with Gasteiger partial charge in [-0.2, -0.15) is 0 Å². The highest BCUT2D eigenvalue weighted by Gasteiger charge is 2.35. The summed E-state index contributed by atoms with van der Waals surface area (Å²) in [4.78, 5) is 21.8. The lowest BCUT2D eigenvalue weighted by Crippen LogP contribution is -2.05. The molecule has 0 heterocycles. The summed E-state index contributed by atoms with van der Waals surface area (Å²) in [5.41, 5.74) is 1.08. The number of carbonyl (C=O) groups is 2. The molecule has 0 aliphatic heterocycles. The molecule has 0 aromatic rings. The Hall–Kier alpha value is -0.920. The zero-order chi connectivity index (χ0) is 7.14. The van der Waals surface area contributed by atoms with Gasteiger partial charge in [0.1, 0.15) is 5.78 Å². The first-order chi connectivity index (χ1) is 4.77. The van der Waals surface area contributed by atoms with Crippen molar-refractivity contribution in [3.05, 3.63) is 11.6 Å². The number of Topliss-reactive ketones (excluding diaryl/α,β-unsaturated/α-hetero) is 1. The fourth-order valence-electron chi connectivity index (χ4n) is 1.71. The fourth-order valence-corrected chi connectivity index (χ4v) is 1.71. The van der Waals surface area contributed by atoms with Crippen LogP contribution in [0.15, 0.2) is 11.6 Å². The molecular formula is C8H8O2. The van der Waals surface area contributed by atoms with Crippen LogP contribution in [0.3, 0.4) is 0 Å². The second kappa shape index (κ2) is 1.78. The Bertz CT molecular complexity index is 238. The molecule has 1 fully saturated rings. The van der Waals surface area contributed by atoms with E-state index in [0.717, 1.165) is 12.0 Å². The molecule has 0 saturated heterocycles. The van der Waals surface area contributed by atoms with E-state index < -0.39 is 0 Å². The van der Waals surface area contributed by atoms with E-state index in [9.17, 15) is 9.59 Å². The van der Waals surface area contributed by atoms with Gasteiger partial charge in [0.15, 0.2) is 5.78 Å². The minimum absolute atomic E-state index is 0.00694. The predicted octanol–water partition coefficient (Wildman–Crippen LogP) is 0.865. The molecule has 0 aromatic carbocycles. The van der Waals surface area contributed by atoms with Crippen molar-refractivity contribution < 1.29 is 9.59 Å². The maximum atomic E-state index is 11.0. The van der Waals surface area contributed by atoms with Crippen molar-refractivity contribution in [1.82, 2.24) is 0 Å². The number of fused-ring (bicyclic) bond motifs is 1. The number of hydrogen-bond donors (Lipinski definition) is 0. The van der Waals surface area contributed by atoms with E-state index in [4.69, 9.17) is 0 Å². The first-order valence-corrected chi connectivity index (χ1v) is 3.53. The Morgan fingerprint density at radius 2 is 2.10 bits per heavy atom. The topological polar surface area (TPSA) is 34.1 Å². The number of ketones is 2. The molecule has 1 unspecified atom stereocenters. The highest BCUT2D eigenvalue weighted by Crippen LogP contribution is 2.35. The van der Waals surface area contributed by atoms with Gasteiger partial charge in [-0.15, -0.1) is 0 Å². The molecule has 0 amide bonds. The molecule has 10 heavy (non-hydrogen) atoms. The van der Waals surface area contributed by atoms with Gasteiger partial charge in [0.05, 0.1) is 0 Å². The third kappa shape index (κ3) is 0.649. The van der Waals surface area contributed by atoms with E-state index >= 15 is 0 Å². The molecule has 0 N–H and O–H groups in total. The summed E-state index contributed by atoms with van der Waals surface area (Å²) >= 11 is 0. The molecule has 52 valence electrons. The average Bonchev–Trinajstić information content (AvgIpc) is 2.35. The van der Waals surface area contributed by atoms with E-state index in [1.807, 2.05) is 0 Å². The minimum Gasteiger partial charge on any atom is -0.299 e. The molecule has 0 radical (unpaired) electrons. The molecule has 1 atom stereocenters. The zero-order valence-corrected chi connectivity index (χ0v) is 5.59. The summed E-state index contributed by atoms with van der Waals surface area (Å²) in [7, 11) is 0. The molecule has 0 spiro atoms. The molecule has 1 saturated carbocycles. The van der Waals surface area contributed by atoms with Gasteiger partial charge in [-0.1, -0.05) is 5.57 Å². The monoisotopic (exact) mass is 136 g/mol. The van der Waals surface area contributed by atoms with Crippen molar-refractivity contribution in [2.24, 2.45) is 5.92 Å². The van der Waals surface area contributed by atoms with E-state index in [1.165, 1.54) is 0 Å². The standard InChI is InChI=1S/C8H8O2/c9-6-3-5-1-2-8(10)7(5)4-6/h3,7H,1-2,4H2. The second-order valence-corrected chi connectivity index (χ2v) is 2.91. The Balaban J connectivity index is 2.34. The van der Waals surface area contributed by atoms with E-state index in [1.54, 1.807) is 6.08 Å². The normalized spacial score (nSPS) is 30.8. The van der Waals surface area contributed by atoms with Gasteiger partial charge in [-0.05, 0) is 12.5 Å². The number of allylic oxidation sites excluding steroid dienone is 2. The number of rotatable bonds is 0. The molecular weight excluding hydrogens is 128 g/mol. The largest absolute Gasteiger partial charge is 0.299 e. The lowest BCUT2D eigenvalue weighted by molar-refractivity contribution is -0.123. The van der Waals surface area contributed by atoms with Crippen LogP contribution in [-0.2, 0) is 9.59 Å². The summed E-state index contributed by atoms with van der Waals surface area (Å²) in [5.74, 6) is 0.387. The fraction of sp³-hybridized carbons (Fsp3) is 0.500. The highest BCUT2D eigenvalue weighted by atomic mass is 16.1. The van der Waals surface area contributed by atoms with Crippen molar-refractivity contribution in [2.45, 2.75) is 19.3 Å². The Kier molecular flexibility index (Phi) is 1.04. The molecule has 2 nitrogen and oxygen atoms in total. The summed E-state index contributed by atoms with van der Waals surface area (Å²) in [5, 5.41) is 0. The third-order valence-electron chi connectivity index (χ3n) is 2.25. The van der Waals surface area contributed by atoms with Crippen molar-refractivity contribution in [1.29, 1.82) is 0 Å². The molecule has 0 bridgehead atoms. The van der Waals surface area contributed by atoms with Gasteiger partial charge in [0.25, 0.3) is 0 Å². The van der Waals surface area contributed by atoms with Crippen LogP contribution in [0.2, 0.25) is 0 Å². The van der Waals surface area contributed by atoms with Gasteiger partial charge in [0, 0.05) is 18.8 Å². The smallest absolute Gasteiger partial charge is 0.156 e. The molecule has 2 rings (SSSR count). The van der Waals surface area contributed by atoms with Crippen LogP contribution >= 0.6 is 0 Å². The Morgan fingerprint density at radius 3 is 2.80 bits per heavy atom. The van der Waals surface area contributed by atoms with Crippen LogP contribution in [0.5, 0.6) is 0 Å². The first kappa shape index (κ1) is 5.83. The van der Waals surface area contributed by atoms with E-state index in [-0.39, 0.29) is 17.5 Å². The van der Waals surface area contributed by atoms with Crippen molar-refractivity contribution in [3.8, 4) is 0 Å².